The molecule has 0 bridgehead atoms. The minimum atomic E-state index is -0.885. The van der Waals surface area contributed by atoms with Crippen LogP contribution >= 0.6 is 0 Å². The summed E-state index contributed by atoms with van der Waals surface area (Å²) < 4.78 is 5.04. The zero-order valence-corrected chi connectivity index (χ0v) is 6.90. The summed E-state index contributed by atoms with van der Waals surface area (Å²) in [5.74, 6) is -0.885. The van der Waals surface area contributed by atoms with Crippen LogP contribution in [0.5, 0.6) is 0 Å². The fourth-order valence-corrected chi connectivity index (χ4v) is 1.20. The fourth-order valence-electron chi connectivity index (χ4n) is 1.20. The second-order valence-electron chi connectivity index (χ2n) is 2.75. The van der Waals surface area contributed by atoms with E-state index < -0.39 is 12.1 Å². The van der Waals surface area contributed by atoms with Crippen molar-refractivity contribution in [2.45, 2.75) is 6.10 Å². The molecule has 0 spiro atoms. The second-order valence-corrected chi connectivity index (χ2v) is 2.75. The van der Waals surface area contributed by atoms with Crippen molar-refractivity contribution in [3.63, 3.8) is 0 Å². The van der Waals surface area contributed by atoms with Crippen molar-refractivity contribution < 1.29 is 14.6 Å². The highest BCUT2D eigenvalue weighted by Crippen LogP contribution is 2.04. The molecule has 1 saturated heterocycles. The Labute approximate surface area is 71.4 Å². The van der Waals surface area contributed by atoms with Crippen LogP contribution in [0.15, 0.2) is 12.7 Å². The van der Waals surface area contributed by atoms with Crippen LogP contribution in [0.25, 0.3) is 0 Å². The van der Waals surface area contributed by atoms with Gasteiger partial charge in [0.1, 0.15) is 0 Å². The Kier molecular flexibility index (Phi) is 3.25. The lowest BCUT2D eigenvalue weighted by Crippen LogP contribution is -2.45. The Balaban J connectivity index is 2.39. The van der Waals surface area contributed by atoms with Crippen LogP contribution in [0.3, 0.4) is 0 Å². The molecule has 0 amide bonds. The first kappa shape index (κ1) is 9.22. The third kappa shape index (κ3) is 2.32. The molecule has 4 nitrogen and oxygen atoms in total. The van der Waals surface area contributed by atoms with Crippen LogP contribution in [0.2, 0.25) is 0 Å². The van der Waals surface area contributed by atoms with E-state index in [0.717, 1.165) is 13.1 Å². The van der Waals surface area contributed by atoms with Gasteiger partial charge in [0.25, 0.3) is 0 Å². The van der Waals surface area contributed by atoms with Crippen molar-refractivity contribution in [3.05, 3.63) is 12.7 Å². The first-order chi connectivity index (χ1) is 5.74. The van der Waals surface area contributed by atoms with Crippen LogP contribution < -0.4 is 0 Å². The van der Waals surface area contributed by atoms with Gasteiger partial charge in [-0.15, -0.1) is 6.58 Å². The van der Waals surface area contributed by atoms with E-state index in [1.54, 1.807) is 6.08 Å². The van der Waals surface area contributed by atoms with E-state index in [1.165, 1.54) is 0 Å². The molecule has 0 aromatic rings. The largest absolute Gasteiger partial charge is 0.479 e. The molecule has 1 N–H and O–H groups in total. The molecular weight excluding hydrogens is 158 g/mol. The molecule has 0 aromatic carbocycles. The molecule has 12 heavy (non-hydrogen) atoms. The molecule has 68 valence electrons. The van der Waals surface area contributed by atoms with E-state index in [9.17, 15) is 4.79 Å². The van der Waals surface area contributed by atoms with Crippen LogP contribution in [0, 0.1) is 0 Å². The highest BCUT2D eigenvalue weighted by molar-refractivity contribution is 5.72. The maximum absolute atomic E-state index is 10.5. The highest BCUT2D eigenvalue weighted by Gasteiger charge is 2.24. The van der Waals surface area contributed by atoms with E-state index in [0.29, 0.717) is 13.2 Å². The molecule has 0 unspecified atom stereocenters. The number of hydrogen-bond donors (Lipinski definition) is 1. The van der Waals surface area contributed by atoms with Gasteiger partial charge in [0, 0.05) is 19.6 Å². The third-order valence-electron chi connectivity index (χ3n) is 1.81. The number of carboxylic acids is 1. The maximum atomic E-state index is 10.5. The topological polar surface area (TPSA) is 49.8 Å². The molecule has 1 atom stereocenters. The number of nitrogens with zero attached hydrogens (tertiary/aromatic N) is 1. The van der Waals surface area contributed by atoms with Crippen molar-refractivity contribution in [1.82, 2.24) is 4.90 Å². The molecular formula is C8H13NO3. The van der Waals surface area contributed by atoms with Gasteiger partial charge in [-0.05, 0) is 0 Å². The van der Waals surface area contributed by atoms with Gasteiger partial charge in [-0.25, -0.2) is 4.79 Å². The molecule has 4 heteroatoms. The van der Waals surface area contributed by atoms with Crippen LogP contribution in [-0.4, -0.2) is 48.3 Å². The third-order valence-corrected chi connectivity index (χ3v) is 1.81. The molecule has 1 aliphatic rings. The van der Waals surface area contributed by atoms with Crippen LogP contribution in [-0.2, 0) is 9.53 Å². The van der Waals surface area contributed by atoms with Crippen molar-refractivity contribution in [2.24, 2.45) is 0 Å². The van der Waals surface area contributed by atoms with Gasteiger partial charge in [-0.3, -0.25) is 4.90 Å². The molecule has 0 aromatic heterocycles. The van der Waals surface area contributed by atoms with Gasteiger partial charge in [0.05, 0.1) is 6.61 Å². The van der Waals surface area contributed by atoms with Crippen LogP contribution in [0.4, 0.5) is 0 Å². The summed E-state index contributed by atoms with van der Waals surface area (Å²) in [5.41, 5.74) is 0. The van der Waals surface area contributed by atoms with E-state index in [1.807, 2.05) is 4.90 Å². The number of rotatable bonds is 3. The first-order valence-corrected chi connectivity index (χ1v) is 3.91. The summed E-state index contributed by atoms with van der Waals surface area (Å²) in [5, 5.41) is 8.65. The van der Waals surface area contributed by atoms with Crippen molar-refractivity contribution in [3.8, 4) is 0 Å². The smallest absolute Gasteiger partial charge is 0.334 e. The van der Waals surface area contributed by atoms with Gasteiger partial charge in [0.15, 0.2) is 6.10 Å². The number of hydrogen-bond acceptors (Lipinski definition) is 3. The molecule has 1 aliphatic heterocycles. The van der Waals surface area contributed by atoms with E-state index >= 15 is 0 Å². The van der Waals surface area contributed by atoms with Gasteiger partial charge in [0.2, 0.25) is 0 Å². The predicted molar refractivity (Wildman–Crippen MR) is 44.0 cm³/mol. The number of carbonyl (C=O) groups is 1. The molecule has 0 saturated carbocycles. The number of ether oxygens (including phenoxy) is 1. The number of carboxylic acid groups (broad SMARTS) is 1. The predicted octanol–water partition coefficient (Wildman–Crippen LogP) is -0.0422. The Morgan fingerprint density at radius 2 is 2.58 bits per heavy atom. The Bertz CT molecular complexity index is 181. The molecule has 0 radical (unpaired) electrons. The molecule has 1 rings (SSSR count). The summed E-state index contributed by atoms with van der Waals surface area (Å²) in [6, 6.07) is 0. The SMILES string of the molecule is C=CCN1CCO[C@H](C(=O)O)C1. The first-order valence-electron chi connectivity index (χ1n) is 3.91. The Morgan fingerprint density at radius 3 is 3.17 bits per heavy atom. The fraction of sp³-hybridized carbons (Fsp3) is 0.625. The minimum Gasteiger partial charge on any atom is -0.479 e. The van der Waals surface area contributed by atoms with Crippen molar-refractivity contribution in [2.75, 3.05) is 26.2 Å². The summed E-state index contributed by atoms with van der Waals surface area (Å²) in [7, 11) is 0. The number of morpholine rings is 1. The van der Waals surface area contributed by atoms with Gasteiger partial charge >= 0.3 is 5.97 Å². The van der Waals surface area contributed by atoms with Gasteiger partial charge in [-0.1, -0.05) is 6.08 Å². The quantitative estimate of drug-likeness (QED) is 0.605. The summed E-state index contributed by atoms with van der Waals surface area (Å²) in [6.45, 7) is 6.06. The Morgan fingerprint density at radius 1 is 1.83 bits per heavy atom. The lowest BCUT2D eigenvalue weighted by atomic mass is 10.3. The zero-order valence-electron chi connectivity index (χ0n) is 6.90. The highest BCUT2D eigenvalue weighted by atomic mass is 16.5. The minimum absolute atomic E-state index is 0.460. The van der Waals surface area contributed by atoms with Crippen LogP contribution in [0.1, 0.15) is 0 Å². The van der Waals surface area contributed by atoms with Gasteiger partial charge < -0.3 is 9.84 Å². The normalized spacial score (nSPS) is 25.2. The second kappa shape index (κ2) is 4.23. The molecule has 1 heterocycles. The van der Waals surface area contributed by atoms with E-state index in [-0.39, 0.29) is 0 Å². The van der Waals surface area contributed by atoms with Crippen molar-refractivity contribution in [1.29, 1.82) is 0 Å². The standard InChI is InChI=1S/C8H13NO3/c1-2-3-9-4-5-12-7(6-9)8(10)11/h2,7H,1,3-6H2,(H,10,11)/t7-/m0/s1. The lowest BCUT2D eigenvalue weighted by molar-refractivity contribution is -0.155. The molecule has 1 fully saturated rings. The summed E-state index contributed by atoms with van der Waals surface area (Å²) in [6.07, 6.45) is 1.10. The Hall–Kier alpha value is -0.870. The average Bonchev–Trinajstić information content (AvgIpc) is 2.05. The maximum Gasteiger partial charge on any atom is 0.334 e. The zero-order chi connectivity index (χ0) is 8.97. The van der Waals surface area contributed by atoms with E-state index in [4.69, 9.17) is 9.84 Å². The van der Waals surface area contributed by atoms with Gasteiger partial charge in [-0.2, -0.15) is 0 Å². The summed E-state index contributed by atoms with van der Waals surface area (Å²) >= 11 is 0. The van der Waals surface area contributed by atoms with E-state index in [2.05, 4.69) is 6.58 Å². The monoisotopic (exact) mass is 171 g/mol. The lowest BCUT2D eigenvalue weighted by Gasteiger charge is -2.29. The molecule has 0 aliphatic carbocycles. The summed E-state index contributed by atoms with van der Waals surface area (Å²) in [4.78, 5) is 12.5. The number of aliphatic carboxylic acids is 1. The average molecular weight is 171 g/mol. The van der Waals surface area contributed by atoms with Crippen molar-refractivity contribution >= 4 is 5.97 Å².